The van der Waals surface area contributed by atoms with E-state index in [4.69, 9.17) is 0 Å². The van der Waals surface area contributed by atoms with Crippen LogP contribution in [0.5, 0.6) is 0 Å². The molecule has 20 heavy (non-hydrogen) atoms. The largest absolute Gasteiger partial charge is 0.377 e. The van der Waals surface area contributed by atoms with E-state index in [0.717, 1.165) is 5.57 Å². The van der Waals surface area contributed by atoms with Crippen LogP contribution >= 0.6 is 0 Å². The predicted octanol–water partition coefficient (Wildman–Crippen LogP) is 1.54. The molecule has 1 aliphatic carbocycles. The molecule has 5 heteroatoms. The van der Waals surface area contributed by atoms with Crippen molar-refractivity contribution in [2.45, 2.75) is 13.0 Å². The summed E-state index contributed by atoms with van der Waals surface area (Å²) in [6.07, 6.45) is 5.04. The number of hydrogen-bond donors (Lipinski definition) is 0. The van der Waals surface area contributed by atoms with Crippen molar-refractivity contribution < 1.29 is 9.59 Å². The Morgan fingerprint density at radius 1 is 1.20 bits per heavy atom. The summed E-state index contributed by atoms with van der Waals surface area (Å²) >= 11 is 0. The molecule has 2 unspecified atom stereocenters. The van der Waals surface area contributed by atoms with Crippen molar-refractivity contribution in [1.29, 1.82) is 0 Å². The molecule has 102 valence electrons. The standard InChI is InChI=1S/C15H15N3O2/c1-8-6-9-12(17-7-8)15(20)11-10(18(2)3)4-5-16-13(11)14(9)19/h4-7,9,12H,1-3H3. The molecule has 2 heterocycles. The molecular weight excluding hydrogens is 254 g/mol. The van der Waals surface area contributed by atoms with Crippen molar-refractivity contribution in [2.24, 2.45) is 10.9 Å². The van der Waals surface area contributed by atoms with Gasteiger partial charge in [0.15, 0.2) is 11.6 Å². The van der Waals surface area contributed by atoms with Crippen LogP contribution in [0.4, 0.5) is 5.69 Å². The van der Waals surface area contributed by atoms with Crippen LogP contribution in [0, 0.1) is 5.92 Å². The van der Waals surface area contributed by atoms with E-state index in [1.54, 1.807) is 18.5 Å². The lowest BCUT2D eigenvalue weighted by molar-refractivity contribution is 0.0820. The number of fused-ring (bicyclic) bond motifs is 2. The first kappa shape index (κ1) is 12.7. The van der Waals surface area contributed by atoms with Gasteiger partial charge in [0.2, 0.25) is 0 Å². The fourth-order valence-corrected chi connectivity index (χ4v) is 2.72. The number of anilines is 1. The number of nitrogens with zero attached hydrogens (tertiary/aromatic N) is 3. The van der Waals surface area contributed by atoms with E-state index >= 15 is 0 Å². The minimum absolute atomic E-state index is 0.121. The van der Waals surface area contributed by atoms with E-state index in [2.05, 4.69) is 9.98 Å². The molecule has 0 saturated carbocycles. The first-order valence-corrected chi connectivity index (χ1v) is 6.47. The van der Waals surface area contributed by atoms with Crippen molar-refractivity contribution in [3.05, 3.63) is 35.2 Å². The van der Waals surface area contributed by atoms with Gasteiger partial charge in [-0.1, -0.05) is 6.08 Å². The topological polar surface area (TPSA) is 62.6 Å². The molecular formula is C15H15N3O2. The number of aromatic nitrogens is 1. The summed E-state index contributed by atoms with van der Waals surface area (Å²) in [4.78, 5) is 35.4. The van der Waals surface area contributed by atoms with Crippen molar-refractivity contribution >= 4 is 23.5 Å². The molecule has 0 bridgehead atoms. The summed E-state index contributed by atoms with van der Waals surface area (Å²) in [5.41, 5.74) is 2.28. The second-order valence-corrected chi connectivity index (χ2v) is 5.34. The quantitative estimate of drug-likeness (QED) is 0.776. The Kier molecular flexibility index (Phi) is 2.78. The Labute approximate surface area is 117 Å². The van der Waals surface area contributed by atoms with E-state index < -0.39 is 12.0 Å². The smallest absolute Gasteiger partial charge is 0.192 e. The fraction of sp³-hybridized carbons (Fsp3) is 0.333. The molecule has 0 aromatic carbocycles. The van der Waals surface area contributed by atoms with Gasteiger partial charge in [-0.15, -0.1) is 0 Å². The molecule has 2 aliphatic rings. The van der Waals surface area contributed by atoms with Crippen LogP contribution < -0.4 is 4.90 Å². The lowest BCUT2D eigenvalue weighted by Gasteiger charge is -2.30. The Balaban J connectivity index is 2.22. The highest BCUT2D eigenvalue weighted by atomic mass is 16.1. The molecule has 0 N–H and O–H groups in total. The van der Waals surface area contributed by atoms with E-state index in [1.165, 1.54) is 0 Å². The van der Waals surface area contributed by atoms with Crippen LogP contribution in [0.15, 0.2) is 28.9 Å². The Bertz CT molecular complexity index is 674. The molecule has 0 spiro atoms. The maximum Gasteiger partial charge on any atom is 0.192 e. The van der Waals surface area contributed by atoms with Crippen molar-refractivity contribution in [2.75, 3.05) is 19.0 Å². The highest BCUT2D eigenvalue weighted by Gasteiger charge is 2.43. The number of hydrogen-bond acceptors (Lipinski definition) is 5. The Morgan fingerprint density at radius 3 is 2.65 bits per heavy atom. The van der Waals surface area contributed by atoms with Crippen LogP contribution in [-0.2, 0) is 0 Å². The molecule has 0 fully saturated rings. The zero-order chi connectivity index (χ0) is 14.4. The number of aliphatic imine (C=N–C) groups is 1. The Morgan fingerprint density at radius 2 is 1.95 bits per heavy atom. The van der Waals surface area contributed by atoms with Gasteiger partial charge in [-0.3, -0.25) is 19.6 Å². The third-order valence-corrected chi connectivity index (χ3v) is 3.68. The van der Waals surface area contributed by atoms with Gasteiger partial charge in [0, 0.05) is 26.5 Å². The number of allylic oxidation sites excluding steroid dienone is 1. The second-order valence-electron chi connectivity index (χ2n) is 5.34. The third-order valence-electron chi connectivity index (χ3n) is 3.68. The van der Waals surface area contributed by atoms with Crippen molar-refractivity contribution in [3.63, 3.8) is 0 Å². The average Bonchev–Trinajstić information content (AvgIpc) is 2.43. The Hall–Kier alpha value is -2.30. The van der Waals surface area contributed by atoms with Gasteiger partial charge in [-0.25, -0.2) is 0 Å². The zero-order valence-electron chi connectivity index (χ0n) is 11.6. The lowest BCUT2D eigenvalue weighted by Crippen LogP contribution is -2.41. The third kappa shape index (κ3) is 1.70. The number of carbonyl (C=O) groups excluding carboxylic acids is 2. The van der Waals surface area contributed by atoms with Crippen LogP contribution in [0.3, 0.4) is 0 Å². The van der Waals surface area contributed by atoms with E-state index in [9.17, 15) is 9.59 Å². The van der Waals surface area contributed by atoms with E-state index in [1.807, 2.05) is 32.0 Å². The minimum Gasteiger partial charge on any atom is -0.377 e. The van der Waals surface area contributed by atoms with Crippen LogP contribution in [0.25, 0.3) is 0 Å². The molecule has 5 nitrogen and oxygen atoms in total. The predicted molar refractivity (Wildman–Crippen MR) is 76.8 cm³/mol. The molecule has 0 amide bonds. The van der Waals surface area contributed by atoms with Crippen LogP contribution in [0.2, 0.25) is 0 Å². The molecule has 1 aromatic rings. The zero-order valence-corrected chi connectivity index (χ0v) is 11.6. The number of dihydropyridines is 1. The van der Waals surface area contributed by atoms with Gasteiger partial charge in [0.05, 0.1) is 17.2 Å². The van der Waals surface area contributed by atoms with Gasteiger partial charge < -0.3 is 4.90 Å². The molecule has 0 radical (unpaired) electrons. The van der Waals surface area contributed by atoms with Crippen LogP contribution in [-0.4, -0.2) is 42.9 Å². The molecule has 3 rings (SSSR count). The molecule has 1 aromatic heterocycles. The van der Waals surface area contributed by atoms with Crippen molar-refractivity contribution in [1.82, 2.24) is 4.98 Å². The summed E-state index contributed by atoms with van der Waals surface area (Å²) < 4.78 is 0. The monoisotopic (exact) mass is 269 g/mol. The maximum atomic E-state index is 12.7. The number of carbonyl (C=O) groups is 2. The van der Waals surface area contributed by atoms with E-state index in [0.29, 0.717) is 11.3 Å². The minimum atomic E-state index is -0.637. The lowest BCUT2D eigenvalue weighted by atomic mass is 9.78. The van der Waals surface area contributed by atoms with Gasteiger partial charge >= 0.3 is 0 Å². The van der Waals surface area contributed by atoms with E-state index in [-0.39, 0.29) is 17.3 Å². The van der Waals surface area contributed by atoms with Gasteiger partial charge in [-0.2, -0.15) is 0 Å². The number of Topliss-reactive ketones (excluding diaryl/α,β-unsaturated/α-hetero) is 2. The van der Waals surface area contributed by atoms with Gasteiger partial charge in [-0.05, 0) is 18.6 Å². The second kappa shape index (κ2) is 4.37. The van der Waals surface area contributed by atoms with Crippen LogP contribution in [0.1, 0.15) is 27.8 Å². The molecule has 0 saturated heterocycles. The summed E-state index contributed by atoms with van der Waals surface area (Å²) in [6.45, 7) is 1.87. The number of pyridine rings is 1. The number of rotatable bonds is 1. The fourth-order valence-electron chi connectivity index (χ4n) is 2.72. The summed E-state index contributed by atoms with van der Waals surface area (Å²) in [5.74, 6) is -0.754. The van der Waals surface area contributed by atoms with Gasteiger partial charge in [0.25, 0.3) is 0 Å². The molecule has 2 atom stereocenters. The molecule has 1 aliphatic heterocycles. The maximum absolute atomic E-state index is 12.7. The SMILES string of the molecule is CC1=CC2C(=O)c3nccc(N(C)C)c3C(=O)C2N=C1. The highest BCUT2D eigenvalue weighted by Crippen LogP contribution is 2.34. The van der Waals surface area contributed by atoms with Gasteiger partial charge in [0.1, 0.15) is 11.7 Å². The summed E-state index contributed by atoms with van der Waals surface area (Å²) in [6, 6.07) is 1.11. The number of ketones is 2. The normalized spacial score (nSPS) is 24.1. The van der Waals surface area contributed by atoms with Crippen molar-refractivity contribution in [3.8, 4) is 0 Å². The highest BCUT2D eigenvalue weighted by molar-refractivity contribution is 6.20. The first-order valence-electron chi connectivity index (χ1n) is 6.47. The average molecular weight is 269 g/mol. The summed E-state index contributed by atoms with van der Waals surface area (Å²) in [7, 11) is 3.68. The summed E-state index contributed by atoms with van der Waals surface area (Å²) in [5, 5.41) is 0. The first-order chi connectivity index (χ1) is 9.50.